The minimum Gasteiger partial charge on any atom is -0.483 e. The van der Waals surface area contributed by atoms with Gasteiger partial charge in [-0.2, -0.15) is 0 Å². The molecule has 0 atom stereocenters. The highest BCUT2D eigenvalue weighted by Gasteiger charge is 2.35. The van der Waals surface area contributed by atoms with Crippen LogP contribution in [0.1, 0.15) is 79.2 Å². The molecule has 1 aliphatic rings. The van der Waals surface area contributed by atoms with Crippen LogP contribution in [0, 0.1) is 46.3 Å². The fraction of sp³-hybridized carbons (Fsp3) is 0.333. The lowest BCUT2D eigenvalue weighted by molar-refractivity contribution is -0.302. The van der Waals surface area contributed by atoms with Gasteiger partial charge in [0.25, 0.3) is 6.47 Å². The lowest BCUT2D eigenvalue weighted by Crippen LogP contribution is -2.14. The molecule has 2 aromatic carbocycles. The number of unbranched alkanes of at least 4 members (excludes halogenated alkanes) is 1. The average molecular weight is 543 g/mol. The van der Waals surface area contributed by atoms with E-state index in [0.29, 0.717) is 11.3 Å². The molecule has 0 amide bonds. The van der Waals surface area contributed by atoms with Gasteiger partial charge in [-0.1, -0.05) is 37.1 Å². The molecule has 40 heavy (non-hydrogen) atoms. The molecule has 208 valence electrons. The fourth-order valence-electron chi connectivity index (χ4n) is 5.99. The van der Waals surface area contributed by atoms with Crippen LogP contribution in [0.3, 0.4) is 0 Å². The lowest BCUT2D eigenvalue weighted by atomic mass is 9.86. The van der Waals surface area contributed by atoms with Crippen molar-refractivity contribution >= 4 is 25.7 Å². The summed E-state index contributed by atoms with van der Waals surface area (Å²) in [5.41, 5.74) is 12.8. The van der Waals surface area contributed by atoms with E-state index in [1.54, 1.807) is 4.49 Å². The summed E-state index contributed by atoms with van der Waals surface area (Å²) in [4.78, 5) is 11.9. The number of aryl methyl sites for hydroxylation is 4. The molecule has 0 saturated carbocycles. The van der Waals surface area contributed by atoms with Gasteiger partial charge in [0, 0.05) is 29.3 Å². The van der Waals surface area contributed by atoms with Crippen molar-refractivity contribution in [1.82, 2.24) is 4.98 Å². The summed E-state index contributed by atoms with van der Waals surface area (Å²) in [5, 5.41) is 6.89. The van der Waals surface area contributed by atoms with Crippen molar-refractivity contribution in [2.45, 2.75) is 74.7 Å². The van der Waals surface area contributed by atoms with E-state index in [-0.39, 0.29) is 12.0 Å². The van der Waals surface area contributed by atoms with Crippen molar-refractivity contribution < 1.29 is 23.2 Å². The van der Waals surface area contributed by atoms with Crippen LogP contribution < -0.4 is 0 Å². The molecule has 1 aliphatic heterocycles. The Labute approximate surface area is 237 Å². The van der Waals surface area contributed by atoms with E-state index in [9.17, 15) is 8.78 Å². The van der Waals surface area contributed by atoms with Crippen LogP contribution in [-0.4, -0.2) is 34.7 Å². The average Bonchev–Trinajstić information content (AvgIpc) is 3.27. The Morgan fingerprint density at radius 3 is 2.08 bits per heavy atom. The summed E-state index contributed by atoms with van der Waals surface area (Å²) in [6.07, 6.45) is 3.14. The van der Waals surface area contributed by atoms with Crippen molar-refractivity contribution in [1.29, 1.82) is 0 Å². The van der Waals surface area contributed by atoms with Gasteiger partial charge in [0.05, 0.1) is 16.8 Å². The third-order valence-electron chi connectivity index (χ3n) is 7.69. The number of carboxylic acid groups (broad SMARTS) is 1. The van der Waals surface area contributed by atoms with Crippen molar-refractivity contribution in [3.8, 4) is 11.1 Å². The number of aromatic amines is 1. The predicted molar refractivity (Wildman–Crippen MR) is 160 cm³/mol. The SMILES string of the molecule is O=CO.[B][N+]1=C(C)C(CCCC)=C(C)/C1=C(/c1[nH]c(C)c(-c2c(F)cccc2F)c1C)c1c(C)cc(C)cc1C. The van der Waals surface area contributed by atoms with E-state index >= 15 is 0 Å². The van der Waals surface area contributed by atoms with Gasteiger partial charge >= 0.3 is 7.98 Å². The Balaban J connectivity index is 0.00000141. The Morgan fingerprint density at radius 1 is 1.00 bits per heavy atom. The quantitative estimate of drug-likeness (QED) is 0.244. The van der Waals surface area contributed by atoms with Crippen LogP contribution in [-0.2, 0) is 4.79 Å². The van der Waals surface area contributed by atoms with E-state index < -0.39 is 11.6 Å². The van der Waals surface area contributed by atoms with Crippen LogP contribution in [0.5, 0.6) is 0 Å². The fourth-order valence-corrected chi connectivity index (χ4v) is 5.99. The molecular weight excluding hydrogens is 505 g/mol. The number of halogens is 2. The molecule has 1 aromatic heterocycles. The second kappa shape index (κ2) is 12.6. The monoisotopic (exact) mass is 543 g/mol. The number of hydrogen-bond acceptors (Lipinski definition) is 1. The number of carbonyl (C=O) groups is 1. The van der Waals surface area contributed by atoms with Gasteiger partial charge in [0.2, 0.25) is 0 Å². The maximum Gasteiger partial charge on any atom is 0.587 e. The first-order valence-corrected chi connectivity index (χ1v) is 13.5. The van der Waals surface area contributed by atoms with Crippen LogP contribution in [0.25, 0.3) is 16.7 Å². The zero-order valence-electron chi connectivity index (χ0n) is 24.7. The summed E-state index contributed by atoms with van der Waals surface area (Å²) in [5.74, 6) is -1.14. The molecule has 0 aliphatic carbocycles. The summed E-state index contributed by atoms with van der Waals surface area (Å²) in [6.45, 7) is 16.3. The minimum atomic E-state index is -0.572. The number of hydrogen-bond donors (Lipinski definition) is 2. The molecular formula is C33H38BF2N2O2+. The number of rotatable bonds is 6. The second-order valence-electron chi connectivity index (χ2n) is 10.5. The molecule has 2 heterocycles. The highest BCUT2D eigenvalue weighted by Crippen LogP contribution is 2.43. The van der Waals surface area contributed by atoms with Gasteiger partial charge in [-0.05, 0) is 88.8 Å². The summed E-state index contributed by atoms with van der Waals surface area (Å²) in [6, 6.07) is 8.36. The molecule has 7 heteroatoms. The normalized spacial score (nSPS) is 14.4. The summed E-state index contributed by atoms with van der Waals surface area (Å²) in [7, 11) is 6.80. The summed E-state index contributed by atoms with van der Waals surface area (Å²) >= 11 is 0. The molecule has 3 aromatic rings. The predicted octanol–water partition coefficient (Wildman–Crippen LogP) is 8.04. The van der Waals surface area contributed by atoms with Gasteiger partial charge in [0.1, 0.15) is 11.6 Å². The van der Waals surface area contributed by atoms with Crippen molar-refractivity contribution in [2.75, 3.05) is 0 Å². The number of allylic oxidation sites excluding steroid dienone is 2. The van der Waals surface area contributed by atoms with Gasteiger partial charge < -0.3 is 10.1 Å². The van der Waals surface area contributed by atoms with Crippen molar-refractivity contribution in [3.05, 3.63) is 98.0 Å². The molecule has 4 rings (SSSR count). The first kappa shape index (κ1) is 30.8. The van der Waals surface area contributed by atoms with E-state index in [4.69, 9.17) is 17.9 Å². The number of nitrogens with zero attached hydrogens (tertiary/aromatic N) is 1. The van der Waals surface area contributed by atoms with E-state index in [1.807, 2.05) is 13.8 Å². The van der Waals surface area contributed by atoms with Crippen molar-refractivity contribution in [3.63, 3.8) is 0 Å². The molecule has 0 saturated heterocycles. The highest BCUT2D eigenvalue weighted by atomic mass is 19.1. The molecule has 0 spiro atoms. The maximum absolute atomic E-state index is 14.9. The van der Waals surface area contributed by atoms with Crippen LogP contribution >= 0.6 is 0 Å². The standard InChI is InChI=1S/C32H36BF2N2.CH2O2/c1-9-10-12-24-20(5)32(37(33)23(24)8)30(27-18(3)15-17(2)16-19(27)4)31-21(6)28(22(7)36-31)29-25(34)13-11-14-26(29)35;2-1-3/h11,13-16,36H,9-10,12H2,1-8H3;1H,(H,2,3)/q+1;. The maximum atomic E-state index is 14.9. The molecule has 0 bridgehead atoms. The second-order valence-corrected chi connectivity index (χ2v) is 10.5. The van der Waals surface area contributed by atoms with Gasteiger partial charge in [-0.3, -0.25) is 9.28 Å². The number of benzene rings is 2. The Hall–Kier alpha value is -3.74. The van der Waals surface area contributed by atoms with Gasteiger partial charge in [-0.15, -0.1) is 0 Å². The van der Waals surface area contributed by atoms with Crippen LogP contribution in [0.15, 0.2) is 47.2 Å². The van der Waals surface area contributed by atoms with E-state index in [0.717, 1.165) is 69.8 Å². The largest absolute Gasteiger partial charge is 0.587 e. The first-order valence-electron chi connectivity index (χ1n) is 13.5. The topological polar surface area (TPSA) is 56.1 Å². The Kier molecular flexibility index (Phi) is 9.72. The third kappa shape index (κ3) is 5.60. The Bertz CT molecular complexity index is 1520. The van der Waals surface area contributed by atoms with Crippen molar-refractivity contribution in [2.24, 2.45) is 0 Å². The van der Waals surface area contributed by atoms with E-state index in [2.05, 4.69) is 58.7 Å². The van der Waals surface area contributed by atoms with E-state index in [1.165, 1.54) is 29.3 Å². The smallest absolute Gasteiger partial charge is 0.483 e. The summed E-state index contributed by atoms with van der Waals surface area (Å²) < 4.78 is 31.7. The zero-order valence-corrected chi connectivity index (χ0v) is 24.7. The van der Waals surface area contributed by atoms with Gasteiger partial charge in [0.15, 0.2) is 11.4 Å². The molecule has 2 N–H and O–H groups in total. The zero-order chi connectivity index (χ0) is 29.9. The lowest BCUT2D eigenvalue weighted by Gasteiger charge is -2.17. The Morgan fingerprint density at radius 2 is 1.55 bits per heavy atom. The molecule has 0 fully saturated rings. The molecule has 4 nitrogen and oxygen atoms in total. The van der Waals surface area contributed by atoms with Gasteiger partial charge in [-0.25, -0.2) is 8.78 Å². The molecule has 2 radical (unpaired) electrons. The first-order chi connectivity index (χ1) is 18.9. The highest BCUT2D eigenvalue weighted by molar-refractivity contribution is 6.10. The number of H-pyrrole nitrogens is 1. The molecule has 0 unspecified atom stereocenters. The number of aromatic nitrogens is 1. The third-order valence-corrected chi connectivity index (χ3v) is 7.69. The number of nitrogens with one attached hydrogen (secondary N) is 1. The minimum absolute atomic E-state index is 0.00336. The van der Waals surface area contributed by atoms with Crippen LogP contribution in [0.2, 0.25) is 0 Å². The van der Waals surface area contributed by atoms with Crippen LogP contribution in [0.4, 0.5) is 8.78 Å².